The van der Waals surface area contributed by atoms with Crippen molar-refractivity contribution in [2.45, 2.75) is 19.6 Å². The van der Waals surface area contributed by atoms with E-state index in [0.29, 0.717) is 29.6 Å². The number of benzene rings is 8. The number of hydrogen-bond donors (Lipinski definition) is 10. The molecule has 0 aliphatic rings. The van der Waals surface area contributed by atoms with Gasteiger partial charge in [-0.2, -0.15) is 25.3 Å². The summed E-state index contributed by atoms with van der Waals surface area (Å²) in [6.45, 7) is 0. The van der Waals surface area contributed by atoms with Gasteiger partial charge in [0, 0.05) is 62.4 Å². The van der Waals surface area contributed by atoms with E-state index >= 15 is 0 Å². The number of sulfonamides is 1. The van der Waals surface area contributed by atoms with Gasteiger partial charge in [0.25, 0.3) is 30.4 Å². The number of rotatable bonds is 15. The molecular weight excluding hydrogens is 1160 g/mol. The van der Waals surface area contributed by atoms with Gasteiger partial charge in [0.2, 0.25) is 21.5 Å². The molecular formula is C45H35CoN9O19S4. The molecule has 0 aromatic heterocycles. The molecule has 0 fully saturated rings. The Labute approximate surface area is 449 Å². The summed E-state index contributed by atoms with van der Waals surface area (Å²) in [6, 6.07) is 31.3. The first-order valence-electron chi connectivity index (χ1n) is 21.0. The van der Waals surface area contributed by atoms with Gasteiger partial charge >= 0.3 is 11.4 Å². The second-order valence-corrected chi connectivity index (χ2v) is 21.8. The largest absolute Gasteiger partial charge is 0.505 e. The number of azo groups is 2. The molecule has 33 heteroatoms. The molecule has 0 spiro atoms. The van der Waals surface area contributed by atoms with Crippen LogP contribution in [0.3, 0.4) is 0 Å². The van der Waals surface area contributed by atoms with Crippen molar-refractivity contribution in [2.75, 3.05) is 17.7 Å². The Morgan fingerprint density at radius 3 is 1.17 bits per heavy atom. The zero-order valence-corrected chi connectivity index (χ0v) is 43.2. The zero-order chi connectivity index (χ0) is 56.4. The average molecular weight is 1190 g/mol. The zero-order valence-electron chi connectivity index (χ0n) is 38.9. The molecule has 1 radical (unpaired) electrons. The van der Waals surface area contributed by atoms with Gasteiger partial charge in [0.1, 0.15) is 37.4 Å². The summed E-state index contributed by atoms with van der Waals surface area (Å²) in [5, 5.41) is 85.5. The molecule has 0 heterocycles. The number of nitro groups is 2. The van der Waals surface area contributed by atoms with E-state index in [4.69, 9.17) is 0 Å². The minimum Gasteiger partial charge on any atom is -0.505 e. The summed E-state index contributed by atoms with van der Waals surface area (Å²) >= 11 is 0. The van der Waals surface area contributed by atoms with Crippen molar-refractivity contribution in [3.8, 4) is 23.0 Å². The van der Waals surface area contributed by atoms with Crippen molar-refractivity contribution in [1.82, 2.24) is 4.72 Å². The third kappa shape index (κ3) is 13.1. The number of anilines is 4. The second kappa shape index (κ2) is 22.8. The maximum Gasteiger partial charge on any atom is 0.314 e. The van der Waals surface area contributed by atoms with E-state index in [9.17, 15) is 88.0 Å². The summed E-state index contributed by atoms with van der Waals surface area (Å²) in [5.41, 5.74) is -2.80. The molecule has 0 saturated carbocycles. The first-order chi connectivity index (χ1) is 36.1. The molecule has 0 saturated heterocycles. The number of phenols is 4. The van der Waals surface area contributed by atoms with Gasteiger partial charge in [-0.1, -0.05) is 36.4 Å². The average Bonchev–Trinajstić information content (AvgIpc) is 3.47. The van der Waals surface area contributed by atoms with E-state index in [1.54, 1.807) is 60.7 Å². The second-order valence-electron chi connectivity index (χ2n) is 15.7. The molecule has 0 bridgehead atoms. The predicted octanol–water partition coefficient (Wildman–Crippen LogP) is 9.28. The SMILES string of the molecule is CNS(=O)(=O)c1cc(N=Nc2c(S(=O)(=O)O)cc3cc(Nc4ccccc4)ccc3c2O)c(O)c([N+](=O)[O-])c1.O=[N+]([O-])c1cc(S(=O)(=O)O)cc(N=Nc2c(S(=O)(=O)O)cc3cc(Nc4ccccc4)ccc3c2O)c1O.[Co]. The van der Waals surface area contributed by atoms with Gasteiger partial charge in [-0.3, -0.25) is 33.9 Å². The Balaban J connectivity index is 0.000000249. The molecule has 407 valence electrons. The Kier molecular flexibility index (Phi) is 17.1. The number of fused-ring (bicyclic) bond motifs is 2. The van der Waals surface area contributed by atoms with Crippen LogP contribution in [-0.2, 0) is 57.2 Å². The number of nitrogens with zero attached hydrogens (tertiary/aromatic N) is 6. The third-order valence-corrected chi connectivity index (χ3v) is 14.6. The van der Waals surface area contributed by atoms with Crippen LogP contribution in [0.1, 0.15) is 0 Å². The fourth-order valence-corrected chi connectivity index (χ4v) is 9.65. The first kappa shape index (κ1) is 58.5. The van der Waals surface area contributed by atoms with Crippen LogP contribution >= 0.6 is 0 Å². The minimum absolute atomic E-state index is 0. The van der Waals surface area contributed by atoms with Crippen molar-refractivity contribution in [3.05, 3.63) is 154 Å². The Morgan fingerprint density at radius 1 is 0.449 bits per heavy atom. The van der Waals surface area contributed by atoms with Crippen molar-refractivity contribution >= 4 is 119 Å². The number of para-hydroxylation sites is 2. The molecule has 28 nitrogen and oxygen atoms in total. The monoisotopic (exact) mass is 1190 g/mol. The van der Waals surface area contributed by atoms with E-state index < -0.39 is 127 Å². The molecule has 0 unspecified atom stereocenters. The van der Waals surface area contributed by atoms with Gasteiger partial charge in [-0.05, 0) is 103 Å². The fourth-order valence-electron chi connectivity index (χ4n) is 7.04. The van der Waals surface area contributed by atoms with E-state index in [0.717, 1.165) is 36.6 Å². The first-order valence-corrected chi connectivity index (χ1v) is 26.8. The number of hydrogen-bond acceptors (Lipinski definition) is 22. The molecule has 0 atom stereocenters. The van der Waals surface area contributed by atoms with E-state index in [1.165, 1.54) is 24.3 Å². The van der Waals surface area contributed by atoms with E-state index in [2.05, 4.69) is 31.1 Å². The molecule has 0 amide bonds. The maximum absolute atomic E-state index is 12.2. The molecule has 8 rings (SSSR count). The van der Waals surface area contributed by atoms with Crippen LogP contribution in [0.2, 0.25) is 0 Å². The molecule has 10 N–H and O–H groups in total. The van der Waals surface area contributed by atoms with Crippen LogP contribution in [0.4, 0.5) is 56.9 Å². The summed E-state index contributed by atoms with van der Waals surface area (Å²) < 4.78 is 127. The third-order valence-electron chi connectivity index (χ3n) is 10.7. The van der Waals surface area contributed by atoms with Gasteiger partial charge in [-0.25, -0.2) is 13.1 Å². The van der Waals surface area contributed by atoms with Crippen LogP contribution in [-0.4, -0.2) is 84.6 Å². The van der Waals surface area contributed by atoms with Crippen molar-refractivity contribution < 1.29 is 94.4 Å². The Morgan fingerprint density at radius 2 is 0.821 bits per heavy atom. The molecule has 0 aliphatic carbocycles. The molecule has 0 aliphatic heterocycles. The summed E-state index contributed by atoms with van der Waals surface area (Å²) in [5.74, 6) is -3.70. The van der Waals surface area contributed by atoms with Crippen molar-refractivity contribution in [2.24, 2.45) is 20.5 Å². The van der Waals surface area contributed by atoms with Crippen LogP contribution in [0.5, 0.6) is 23.0 Å². The number of nitro benzene ring substituents is 2. The van der Waals surface area contributed by atoms with Gasteiger partial charge in [0.15, 0.2) is 11.5 Å². The molecule has 8 aromatic carbocycles. The number of aromatic hydroxyl groups is 4. The normalized spacial score (nSPS) is 12.0. The number of nitrogens with one attached hydrogen (secondary N) is 3. The minimum atomic E-state index is -5.03. The Bertz CT molecular complexity index is 4260. The van der Waals surface area contributed by atoms with Crippen LogP contribution in [0.25, 0.3) is 21.5 Å². The summed E-state index contributed by atoms with van der Waals surface area (Å²) in [7, 11) is -18.2. The smallest absolute Gasteiger partial charge is 0.314 e. The van der Waals surface area contributed by atoms with E-state index in [1.807, 2.05) is 16.9 Å². The fraction of sp³-hybridized carbons (Fsp3) is 0.0222. The maximum atomic E-state index is 12.2. The molecule has 8 aromatic rings. The number of phenolic OH excluding ortho intramolecular Hbond substituents is 4. The van der Waals surface area contributed by atoms with Crippen molar-refractivity contribution in [1.29, 1.82) is 0 Å². The van der Waals surface area contributed by atoms with Gasteiger partial charge in [0.05, 0.1) is 14.7 Å². The summed E-state index contributed by atoms with van der Waals surface area (Å²) in [6.07, 6.45) is 0. The van der Waals surface area contributed by atoms with Crippen LogP contribution in [0.15, 0.2) is 173 Å². The van der Waals surface area contributed by atoms with Crippen LogP contribution in [0, 0.1) is 20.2 Å². The van der Waals surface area contributed by atoms with Gasteiger partial charge < -0.3 is 31.1 Å². The molecule has 78 heavy (non-hydrogen) atoms. The Hall–Kier alpha value is -8.77. The van der Waals surface area contributed by atoms with Gasteiger partial charge in [-0.15, -0.1) is 20.5 Å². The van der Waals surface area contributed by atoms with E-state index in [-0.39, 0.29) is 38.3 Å². The van der Waals surface area contributed by atoms with Crippen LogP contribution < -0.4 is 15.4 Å². The topological polar surface area (TPSA) is 450 Å². The quantitative estimate of drug-likeness (QED) is 0.0198. The predicted molar refractivity (Wildman–Crippen MR) is 274 cm³/mol. The summed E-state index contributed by atoms with van der Waals surface area (Å²) in [4.78, 5) is 16.9. The standard InChI is InChI=1S/C23H19N5O9S2.C22H16N4O10S2.Co/c1-24-38(33,34)16-11-18(23(30)19(12-16)28(31)32)26-27-21-20(39(35,36)37)10-13-9-15(7-8-17(13)22(21)29)25-14-5-3-2-4-6-14;27-21-16-7-6-14(23-13-4-2-1-3-5-13)8-12(16)9-19(38(34,35)36)20(21)25-24-17-10-15(37(31,32)33)11-18(22(17)28)26(29)30;/h2-12,24-25,29-30H,1H3,(H,35,36,37);1-11,23,27-28H,(H,31,32,33)(H,34,35,36);. The van der Waals surface area contributed by atoms with Crippen molar-refractivity contribution in [3.63, 3.8) is 0 Å².